The van der Waals surface area contributed by atoms with E-state index >= 15 is 0 Å². The van der Waals surface area contributed by atoms with Crippen molar-refractivity contribution in [3.8, 4) is 51.0 Å². The average Bonchev–Trinajstić information content (AvgIpc) is 3.89. The van der Waals surface area contributed by atoms with Crippen LogP contribution in [0.1, 0.15) is 6.85 Å². The Bertz CT molecular complexity index is 3800. The van der Waals surface area contributed by atoms with Gasteiger partial charge in [0.05, 0.1) is 23.5 Å². The molecule has 58 heavy (non-hydrogen) atoms. The molecule has 12 rings (SSSR count). The number of hydrogen-bond donors (Lipinski definition) is 0. The smallest absolute Gasteiger partial charge is 0.167 e. The average molecular weight is 746 g/mol. The number of nitrogens with zero attached hydrogens (tertiary/aromatic N) is 4. The van der Waals surface area contributed by atoms with Gasteiger partial charge in [-0.2, -0.15) is 0 Å². The Balaban J connectivity index is 1.19. The molecule has 5 nitrogen and oxygen atoms in total. The van der Waals surface area contributed by atoms with E-state index in [1.165, 1.54) is 0 Å². The van der Waals surface area contributed by atoms with E-state index in [1.807, 2.05) is 78.9 Å². The van der Waals surface area contributed by atoms with E-state index in [-0.39, 0.29) is 17.6 Å². The Morgan fingerprint density at radius 2 is 1.00 bits per heavy atom. The van der Waals surface area contributed by atoms with Gasteiger partial charge in [0.25, 0.3) is 0 Å². The fraction of sp³-hybridized carbons (Fsp3) is 0. The van der Waals surface area contributed by atoms with Crippen LogP contribution in [0.4, 0.5) is 0 Å². The summed E-state index contributed by atoms with van der Waals surface area (Å²) in [5.41, 5.74) is 6.41. The highest BCUT2D eigenvalue weighted by Crippen LogP contribution is 2.43. The van der Waals surface area contributed by atoms with E-state index in [0.717, 1.165) is 65.6 Å². The molecule has 5 heteroatoms. The van der Waals surface area contributed by atoms with Crippen LogP contribution in [0.3, 0.4) is 0 Å². The van der Waals surface area contributed by atoms with Gasteiger partial charge >= 0.3 is 0 Å². The van der Waals surface area contributed by atoms with Crippen molar-refractivity contribution in [3.05, 3.63) is 194 Å². The van der Waals surface area contributed by atoms with Crippen LogP contribution in [0.25, 0.3) is 116 Å². The van der Waals surface area contributed by atoms with Crippen LogP contribution in [0, 0.1) is 0 Å². The number of furan rings is 1. The van der Waals surface area contributed by atoms with Crippen LogP contribution in [0.5, 0.6) is 0 Å². The monoisotopic (exact) mass is 745 g/mol. The fourth-order valence-corrected chi connectivity index (χ4v) is 8.45. The predicted molar refractivity (Wildman–Crippen MR) is 238 cm³/mol. The molecule has 0 radical (unpaired) electrons. The second kappa shape index (κ2) is 12.8. The summed E-state index contributed by atoms with van der Waals surface area (Å²) >= 11 is 0. The number of hydrogen-bond acceptors (Lipinski definition) is 4. The van der Waals surface area contributed by atoms with Crippen molar-refractivity contribution in [3.63, 3.8) is 0 Å². The van der Waals surface area contributed by atoms with Crippen molar-refractivity contribution >= 4 is 65.3 Å². The Morgan fingerprint density at radius 1 is 0.397 bits per heavy atom. The minimum atomic E-state index is -0.455. The summed E-state index contributed by atoms with van der Waals surface area (Å²) in [4.78, 5) is 15.6. The predicted octanol–water partition coefficient (Wildman–Crippen LogP) is 13.8. The zero-order chi connectivity index (χ0) is 42.5. The lowest BCUT2D eigenvalue weighted by Crippen LogP contribution is -2.01. The summed E-state index contributed by atoms with van der Waals surface area (Å²) in [6.07, 6.45) is 0. The van der Waals surface area contributed by atoms with Crippen molar-refractivity contribution in [2.24, 2.45) is 0 Å². The molecule has 0 fully saturated rings. The summed E-state index contributed by atoms with van der Waals surface area (Å²) in [7, 11) is 0. The minimum absolute atomic E-state index is 0.0625. The summed E-state index contributed by atoms with van der Waals surface area (Å²) in [5.74, 6) is 1.35. The lowest BCUT2D eigenvalue weighted by Gasteiger charge is -2.13. The summed E-state index contributed by atoms with van der Waals surface area (Å²) in [6, 6.07) is 53.1. The van der Waals surface area contributed by atoms with Gasteiger partial charge in [0, 0.05) is 43.9 Å². The number of rotatable bonds is 5. The van der Waals surface area contributed by atoms with Crippen molar-refractivity contribution < 1.29 is 11.3 Å². The van der Waals surface area contributed by atoms with E-state index in [2.05, 4.69) is 83.4 Å². The SMILES string of the molecule is [2H]c1c([2H])c([2H])c(-c2cccc3c2oc2c(-c4nc(-c5ccccc5)nc(-c5ccc6ccc7ccccc7c6c5)n4)cc(-n4c5ccccc5c5ccccc54)cc23)c([2H])c1[2H]. The van der Waals surface area contributed by atoms with Gasteiger partial charge in [-0.05, 0) is 57.4 Å². The second-order valence-corrected chi connectivity index (χ2v) is 14.4. The minimum Gasteiger partial charge on any atom is -0.455 e. The molecule has 3 aromatic heterocycles. The van der Waals surface area contributed by atoms with Crippen LogP contribution < -0.4 is 0 Å². The molecule has 0 atom stereocenters. The highest BCUT2D eigenvalue weighted by atomic mass is 16.3. The first kappa shape index (κ1) is 27.7. The van der Waals surface area contributed by atoms with Crippen molar-refractivity contribution in [1.29, 1.82) is 0 Å². The van der Waals surface area contributed by atoms with Crippen LogP contribution >= 0.6 is 0 Å². The standard InChI is InChI=1S/C53H32N4O/c1-3-14-33(15-4-1)40-22-13-23-43-45-31-38(57-47-24-11-9-20-41(47)42-21-10-12-25-48(42)57)32-46(50(45)58-49(40)43)53-55-51(36-17-5-2-6-18-36)54-52(56-53)37-29-28-35-27-26-34-16-7-8-19-39(34)44(35)30-37/h1-32H/i1D,3D,4D,14D,15D. The first-order valence-electron chi connectivity index (χ1n) is 21.6. The lowest BCUT2D eigenvalue weighted by atomic mass is 9.99. The Hall–Kier alpha value is -7.89. The van der Waals surface area contributed by atoms with Crippen molar-refractivity contribution in [2.45, 2.75) is 0 Å². The van der Waals surface area contributed by atoms with Gasteiger partial charge in [-0.15, -0.1) is 0 Å². The van der Waals surface area contributed by atoms with Gasteiger partial charge in [-0.25, -0.2) is 15.0 Å². The molecule has 0 unspecified atom stereocenters. The maximum absolute atomic E-state index is 8.90. The third-order valence-corrected chi connectivity index (χ3v) is 11.1. The van der Waals surface area contributed by atoms with E-state index < -0.39 is 18.1 Å². The number of para-hydroxylation sites is 3. The number of aromatic nitrogens is 4. The van der Waals surface area contributed by atoms with Crippen molar-refractivity contribution in [1.82, 2.24) is 19.5 Å². The summed E-state index contributed by atoms with van der Waals surface area (Å²) < 4.78 is 52.2. The maximum atomic E-state index is 8.90. The van der Waals surface area contributed by atoms with E-state index in [9.17, 15) is 0 Å². The Kier molecular flexibility index (Phi) is 6.12. The van der Waals surface area contributed by atoms with E-state index in [0.29, 0.717) is 45.2 Å². The molecule has 270 valence electrons. The molecule has 9 aromatic carbocycles. The first-order valence-corrected chi connectivity index (χ1v) is 19.1. The van der Waals surface area contributed by atoms with Crippen LogP contribution in [-0.2, 0) is 0 Å². The van der Waals surface area contributed by atoms with Gasteiger partial charge in [0.2, 0.25) is 0 Å². The molecule has 0 amide bonds. The maximum Gasteiger partial charge on any atom is 0.167 e. The zero-order valence-corrected chi connectivity index (χ0v) is 30.8. The molecule has 0 aliphatic heterocycles. The van der Waals surface area contributed by atoms with Gasteiger partial charge in [0.15, 0.2) is 17.5 Å². The highest BCUT2D eigenvalue weighted by molar-refractivity contribution is 6.15. The Morgan fingerprint density at radius 3 is 1.78 bits per heavy atom. The molecule has 0 bridgehead atoms. The zero-order valence-electron chi connectivity index (χ0n) is 35.8. The third kappa shape index (κ3) is 5.07. The molecule has 0 aliphatic carbocycles. The molecule has 0 saturated carbocycles. The largest absolute Gasteiger partial charge is 0.455 e. The normalized spacial score (nSPS) is 13.0. The number of fused-ring (bicyclic) bond motifs is 9. The fourth-order valence-electron chi connectivity index (χ4n) is 8.45. The summed E-state index contributed by atoms with van der Waals surface area (Å²) in [5, 5.41) is 8.12. The van der Waals surface area contributed by atoms with Gasteiger partial charge in [-0.3, -0.25) is 0 Å². The third-order valence-electron chi connectivity index (χ3n) is 11.1. The molecule has 0 spiro atoms. The topological polar surface area (TPSA) is 56.7 Å². The quantitative estimate of drug-likeness (QED) is 0.165. The Labute approximate surface area is 340 Å². The van der Waals surface area contributed by atoms with Crippen molar-refractivity contribution in [2.75, 3.05) is 0 Å². The molecule has 0 aliphatic rings. The van der Waals surface area contributed by atoms with Gasteiger partial charge in [-0.1, -0.05) is 164 Å². The summed E-state index contributed by atoms with van der Waals surface area (Å²) in [6.45, 7) is 0. The highest BCUT2D eigenvalue weighted by Gasteiger charge is 2.23. The van der Waals surface area contributed by atoms with E-state index in [1.54, 1.807) is 6.07 Å². The second-order valence-electron chi connectivity index (χ2n) is 14.4. The molecular weight excluding hydrogens is 709 g/mol. The molecule has 3 heterocycles. The van der Waals surface area contributed by atoms with E-state index in [4.69, 9.17) is 26.2 Å². The van der Waals surface area contributed by atoms with Gasteiger partial charge < -0.3 is 8.98 Å². The molecular formula is C53H32N4O. The molecule has 0 saturated heterocycles. The van der Waals surface area contributed by atoms with Crippen LogP contribution in [0.15, 0.2) is 198 Å². The van der Waals surface area contributed by atoms with Crippen LogP contribution in [-0.4, -0.2) is 19.5 Å². The lowest BCUT2D eigenvalue weighted by molar-refractivity contribution is 0.670. The van der Waals surface area contributed by atoms with Crippen LogP contribution in [0.2, 0.25) is 0 Å². The van der Waals surface area contributed by atoms with Gasteiger partial charge in [0.1, 0.15) is 11.2 Å². The first-order chi connectivity index (χ1) is 30.8. The molecule has 0 N–H and O–H groups in total. The number of benzene rings is 9. The molecule has 12 aromatic rings.